The van der Waals surface area contributed by atoms with Crippen molar-refractivity contribution >= 4 is 23.4 Å². The molecule has 1 fully saturated rings. The number of likely N-dealkylation sites (N-methyl/N-ethyl adjacent to an activating group) is 1. The molecule has 128 valence electrons. The number of nitrogens with one attached hydrogen (secondary N) is 1. The maximum atomic E-state index is 13.7. The quantitative estimate of drug-likeness (QED) is 0.864. The number of carbonyl (C=O) groups excluding carboxylic acids is 1. The second kappa shape index (κ2) is 8.55. The Kier molecular flexibility index (Phi) is 6.72. The van der Waals surface area contributed by atoms with Gasteiger partial charge in [-0.25, -0.2) is 4.39 Å². The molecule has 2 rings (SSSR count). The lowest BCUT2D eigenvalue weighted by Crippen LogP contribution is -2.46. The normalized spacial score (nSPS) is 17.1. The van der Waals surface area contributed by atoms with Crippen LogP contribution >= 0.6 is 11.8 Å². The van der Waals surface area contributed by atoms with E-state index in [-0.39, 0.29) is 17.8 Å². The van der Waals surface area contributed by atoms with Gasteiger partial charge in [-0.3, -0.25) is 4.79 Å². The molecule has 1 amide bonds. The van der Waals surface area contributed by atoms with Crippen LogP contribution in [0.3, 0.4) is 0 Å². The zero-order chi connectivity index (χ0) is 16.8. The summed E-state index contributed by atoms with van der Waals surface area (Å²) in [5.41, 5.74) is 1.88. The highest BCUT2D eigenvalue weighted by Gasteiger charge is 2.21. The van der Waals surface area contributed by atoms with E-state index in [1.807, 2.05) is 19.2 Å². The van der Waals surface area contributed by atoms with Crippen LogP contribution in [-0.4, -0.2) is 55.5 Å². The number of carbonyl (C=O) groups is 1. The number of halogens is 1. The predicted octanol–water partition coefficient (Wildman–Crippen LogP) is 2.51. The summed E-state index contributed by atoms with van der Waals surface area (Å²) in [6.45, 7) is 9.03. The third-order valence-electron chi connectivity index (χ3n) is 4.27. The Balaban J connectivity index is 2.15. The molecular formula is C17H26FN3OS. The van der Waals surface area contributed by atoms with Gasteiger partial charge in [0.05, 0.1) is 11.8 Å². The minimum Gasteiger partial charge on any atom is -0.369 e. The van der Waals surface area contributed by atoms with Gasteiger partial charge in [-0.15, -0.1) is 0 Å². The van der Waals surface area contributed by atoms with Crippen LogP contribution in [0.1, 0.15) is 25.5 Å². The summed E-state index contributed by atoms with van der Waals surface area (Å²) in [6, 6.07) is 4.68. The van der Waals surface area contributed by atoms with Gasteiger partial charge in [0.2, 0.25) is 5.91 Å². The first-order valence-corrected chi connectivity index (χ1v) is 9.49. The second-order valence-electron chi connectivity index (χ2n) is 5.85. The summed E-state index contributed by atoms with van der Waals surface area (Å²) < 4.78 is 13.7. The average molecular weight is 339 g/mol. The van der Waals surface area contributed by atoms with Gasteiger partial charge in [0, 0.05) is 37.4 Å². The van der Waals surface area contributed by atoms with Crippen molar-refractivity contribution in [3.05, 3.63) is 29.6 Å². The molecule has 1 aromatic carbocycles. The van der Waals surface area contributed by atoms with Crippen LogP contribution in [-0.2, 0) is 4.79 Å². The van der Waals surface area contributed by atoms with Gasteiger partial charge in [-0.05, 0) is 37.9 Å². The zero-order valence-corrected chi connectivity index (χ0v) is 15.0. The van der Waals surface area contributed by atoms with E-state index in [1.54, 1.807) is 6.07 Å². The van der Waals surface area contributed by atoms with Crippen LogP contribution in [0.15, 0.2) is 18.2 Å². The third kappa shape index (κ3) is 4.85. The van der Waals surface area contributed by atoms with Crippen LogP contribution in [0.25, 0.3) is 0 Å². The standard InChI is InChI=1S/C17H26FN3OS/c1-4-20-7-9-21(10-8-20)16-6-5-14(18)11-15(16)13(2)19-17(22)12-23-3/h5-6,11,13H,4,7-10,12H2,1-3H3,(H,19,22)/t13-/m1/s1. The Bertz CT molecular complexity index is 533. The van der Waals surface area contributed by atoms with E-state index in [2.05, 4.69) is 22.0 Å². The first-order valence-electron chi connectivity index (χ1n) is 8.10. The number of benzene rings is 1. The molecule has 0 bridgehead atoms. The molecule has 1 aliphatic heterocycles. The number of amides is 1. The molecule has 0 unspecified atom stereocenters. The fourth-order valence-corrected chi connectivity index (χ4v) is 3.30. The second-order valence-corrected chi connectivity index (χ2v) is 6.71. The number of hydrogen-bond acceptors (Lipinski definition) is 4. The number of piperazine rings is 1. The van der Waals surface area contributed by atoms with Crippen molar-refractivity contribution in [2.24, 2.45) is 0 Å². The topological polar surface area (TPSA) is 35.6 Å². The van der Waals surface area contributed by atoms with E-state index < -0.39 is 0 Å². The van der Waals surface area contributed by atoms with Crippen LogP contribution in [0.2, 0.25) is 0 Å². The van der Waals surface area contributed by atoms with Gasteiger partial charge in [0.15, 0.2) is 0 Å². The SMILES string of the molecule is CCN1CCN(c2ccc(F)cc2[C@@H](C)NC(=O)CSC)CC1. The monoisotopic (exact) mass is 339 g/mol. The minimum absolute atomic E-state index is 0.0176. The molecule has 1 N–H and O–H groups in total. The first-order chi connectivity index (χ1) is 11.0. The lowest BCUT2D eigenvalue weighted by Gasteiger charge is -2.37. The zero-order valence-electron chi connectivity index (χ0n) is 14.1. The molecule has 1 saturated heterocycles. The van der Waals surface area contributed by atoms with Crippen LogP contribution in [0, 0.1) is 5.82 Å². The highest BCUT2D eigenvalue weighted by molar-refractivity contribution is 7.99. The molecule has 0 aromatic heterocycles. The van der Waals surface area contributed by atoms with E-state index in [0.717, 1.165) is 44.0 Å². The molecular weight excluding hydrogens is 313 g/mol. The molecule has 6 heteroatoms. The Hall–Kier alpha value is -1.27. The van der Waals surface area contributed by atoms with E-state index in [1.165, 1.54) is 17.8 Å². The Morgan fingerprint density at radius 3 is 2.65 bits per heavy atom. The molecule has 1 heterocycles. The fourth-order valence-electron chi connectivity index (χ4n) is 2.96. The molecule has 23 heavy (non-hydrogen) atoms. The fraction of sp³-hybridized carbons (Fsp3) is 0.588. The van der Waals surface area contributed by atoms with Gasteiger partial charge < -0.3 is 15.1 Å². The van der Waals surface area contributed by atoms with Crippen molar-refractivity contribution in [3.8, 4) is 0 Å². The molecule has 1 atom stereocenters. The van der Waals surface area contributed by atoms with E-state index >= 15 is 0 Å². The maximum Gasteiger partial charge on any atom is 0.230 e. The molecule has 0 spiro atoms. The van der Waals surface area contributed by atoms with Crippen molar-refractivity contribution in [2.75, 3.05) is 49.6 Å². The highest BCUT2D eigenvalue weighted by atomic mass is 32.2. The summed E-state index contributed by atoms with van der Waals surface area (Å²) in [7, 11) is 0. The number of anilines is 1. The van der Waals surface area contributed by atoms with Gasteiger partial charge in [-0.1, -0.05) is 6.92 Å². The van der Waals surface area contributed by atoms with E-state index in [9.17, 15) is 9.18 Å². The summed E-state index contributed by atoms with van der Waals surface area (Å²) in [5.74, 6) is 0.141. The van der Waals surface area contributed by atoms with Crippen molar-refractivity contribution in [1.29, 1.82) is 0 Å². The van der Waals surface area contributed by atoms with E-state index in [4.69, 9.17) is 0 Å². The largest absolute Gasteiger partial charge is 0.369 e. The van der Waals surface area contributed by atoms with Crippen LogP contribution in [0.4, 0.5) is 10.1 Å². The molecule has 0 aliphatic carbocycles. The maximum absolute atomic E-state index is 13.7. The van der Waals surface area contributed by atoms with Crippen molar-refractivity contribution in [2.45, 2.75) is 19.9 Å². The summed E-state index contributed by atoms with van der Waals surface area (Å²) in [4.78, 5) is 16.5. The van der Waals surface area contributed by atoms with Gasteiger partial charge in [0.25, 0.3) is 0 Å². The molecule has 4 nitrogen and oxygen atoms in total. The summed E-state index contributed by atoms with van der Waals surface area (Å²) >= 11 is 1.48. The van der Waals surface area contributed by atoms with E-state index in [0.29, 0.717) is 5.75 Å². The Morgan fingerprint density at radius 2 is 2.04 bits per heavy atom. The molecule has 1 aliphatic rings. The molecule has 0 saturated carbocycles. The van der Waals surface area contributed by atoms with Gasteiger partial charge in [-0.2, -0.15) is 11.8 Å². The first kappa shape index (κ1) is 18.1. The predicted molar refractivity (Wildman–Crippen MR) is 95.7 cm³/mol. The van der Waals surface area contributed by atoms with Crippen LogP contribution in [0.5, 0.6) is 0 Å². The molecule has 1 aromatic rings. The third-order valence-corrected chi connectivity index (χ3v) is 4.82. The number of hydrogen-bond donors (Lipinski definition) is 1. The van der Waals surface area contributed by atoms with Crippen molar-refractivity contribution in [1.82, 2.24) is 10.2 Å². The number of thioether (sulfide) groups is 1. The smallest absolute Gasteiger partial charge is 0.230 e. The molecule has 0 radical (unpaired) electrons. The highest BCUT2D eigenvalue weighted by Crippen LogP contribution is 2.28. The minimum atomic E-state index is -0.262. The Labute approximate surface area is 142 Å². The average Bonchev–Trinajstić information content (AvgIpc) is 2.55. The lowest BCUT2D eigenvalue weighted by atomic mass is 10.0. The van der Waals surface area contributed by atoms with Crippen molar-refractivity contribution < 1.29 is 9.18 Å². The summed E-state index contributed by atoms with van der Waals surface area (Å²) in [6.07, 6.45) is 1.89. The summed E-state index contributed by atoms with van der Waals surface area (Å²) in [5, 5.41) is 2.96. The van der Waals surface area contributed by atoms with Gasteiger partial charge >= 0.3 is 0 Å². The number of rotatable bonds is 6. The number of nitrogens with zero attached hydrogens (tertiary/aromatic N) is 2. The van der Waals surface area contributed by atoms with Crippen molar-refractivity contribution in [3.63, 3.8) is 0 Å². The lowest BCUT2D eigenvalue weighted by molar-refractivity contribution is -0.119. The Morgan fingerprint density at radius 1 is 1.35 bits per heavy atom. The van der Waals surface area contributed by atoms with Crippen LogP contribution < -0.4 is 10.2 Å². The van der Waals surface area contributed by atoms with Gasteiger partial charge in [0.1, 0.15) is 5.82 Å².